The van der Waals surface area contributed by atoms with Gasteiger partial charge in [-0.15, -0.1) is 0 Å². The summed E-state index contributed by atoms with van der Waals surface area (Å²) in [5, 5.41) is 3.09. The maximum Gasteiger partial charge on any atom is 0.417 e. The summed E-state index contributed by atoms with van der Waals surface area (Å²) in [7, 11) is 1.95. The van der Waals surface area contributed by atoms with E-state index in [4.69, 9.17) is 16.2 Å². The topological polar surface area (TPSA) is 111 Å². The number of anilines is 2. The minimum atomic E-state index is -0.658. The number of nitrogens with two attached hydrogens (primary N) is 2. The summed E-state index contributed by atoms with van der Waals surface area (Å²) in [6.45, 7) is 6.41. The second kappa shape index (κ2) is 11.7. The molecule has 2 aromatic rings. The monoisotopic (exact) mass is 400 g/mol. The predicted octanol–water partition coefficient (Wildman–Crippen LogP) is 3.19. The molecule has 2 aromatic carbocycles. The zero-order chi connectivity index (χ0) is 21.9. The molecule has 0 unspecified atom stereocenters. The zero-order valence-electron chi connectivity index (χ0n) is 17.6. The molecule has 0 radical (unpaired) electrons. The second-order valence-electron chi connectivity index (χ2n) is 7.55. The Labute approximate surface area is 173 Å². The van der Waals surface area contributed by atoms with Crippen LogP contribution in [0.5, 0.6) is 0 Å². The number of ether oxygens (including phenoxy) is 1. The number of likely N-dealkylation sites (N-methyl/N-ethyl adjacent to an activating group) is 1. The van der Waals surface area contributed by atoms with Gasteiger partial charge in [0.2, 0.25) is 6.41 Å². The van der Waals surface area contributed by atoms with Crippen LogP contribution in [0.25, 0.3) is 0 Å². The average molecular weight is 401 g/mol. The molecule has 0 atom stereocenters. The quantitative estimate of drug-likeness (QED) is 0.507. The molecule has 0 spiro atoms. The summed E-state index contributed by atoms with van der Waals surface area (Å²) in [4.78, 5) is 23.6. The summed E-state index contributed by atoms with van der Waals surface area (Å²) in [5.41, 5.74) is 14.1. The first-order chi connectivity index (χ1) is 13.6. The molecular formula is C22H32N4O3. The van der Waals surface area contributed by atoms with Crippen molar-refractivity contribution < 1.29 is 14.3 Å². The van der Waals surface area contributed by atoms with Crippen LogP contribution >= 0.6 is 0 Å². The molecule has 0 bridgehead atoms. The summed E-state index contributed by atoms with van der Waals surface area (Å²) < 4.78 is 5.12. The third kappa shape index (κ3) is 10.2. The molecule has 0 fully saturated rings. The number of carbonyl (C=O) groups is 2. The van der Waals surface area contributed by atoms with E-state index < -0.39 is 11.7 Å². The molecule has 158 valence electrons. The van der Waals surface area contributed by atoms with Crippen molar-refractivity contribution in [3.05, 3.63) is 59.7 Å². The highest BCUT2D eigenvalue weighted by atomic mass is 16.6. The van der Waals surface area contributed by atoms with E-state index in [2.05, 4.69) is 11.4 Å². The van der Waals surface area contributed by atoms with E-state index >= 15 is 0 Å². The van der Waals surface area contributed by atoms with Gasteiger partial charge in [0, 0.05) is 11.4 Å². The van der Waals surface area contributed by atoms with E-state index in [0.717, 1.165) is 29.1 Å². The summed E-state index contributed by atoms with van der Waals surface area (Å²) >= 11 is 0. The lowest BCUT2D eigenvalue weighted by Crippen LogP contribution is -2.35. The molecule has 0 aliphatic carbocycles. The number of carbonyl (C=O) groups excluding carboxylic acids is 2. The number of nitrogen functional groups attached to an aromatic ring is 2. The lowest BCUT2D eigenvalue weighted by atomic mass is 10.1. The van der Waals surface area contributed by atoms with Crippen molar-refractivity contribution in [1.82, 2.24) is 10.2 Å². The minimum absolute atomic E-state index is 0.165. The minimum Gasteiger partial charge on any atom is -0.443 e. The fraction of sp³-hybridized carbons (Fsp3) is 0.364. The lowest BCUT2D eigenvalue weighted by molar-refractivity contribution is -0.118. The van der Waals surface area contributed by atoms with Crippen LogP contribution in [0, 0.1) is 0 Å². The zero-order valence-corrected chi connectivity index (χ0v) is 17.6. The normalized spacial score (nSPS) is 10.5. The van der Waals surface area contributed by atoms with Crippen molar-refractivity contribution in [3.63, 3.8) is 0 Å². The number of hydrogen-bond donors (Lipinski definition) is 3. The smallest absolute Gasteiger partial charge is 0.417 e. The first kappa shape index (κ1) is 24.0. The van der Waals surface area contributed by atoms with Gasteiger partial charge in [-0.05, 0) is 76.2 Å². The molecule has 7 nitrogen and oxygen atoms in total. The van der Waals surface area contributed by atoms with Crippen molar-refractivity contribution in [2.24, 2.45) is 0 Å². The molecule has 0 saturated heterocycles. The number of rotatable bonds is 6. The predicted molar refractivity (Wildman–Crippen MR) is 117 cm³/mol. The fourth-order valence-corrected chi connectivity index (χ4v) is 2.30. The van der Waals surface area contributed by atoms with Crippen LogP contribution in [0.3, 0.4) is 0 Å². The molecule has 0 aliphatic heterocycles. The number of benzene rings is 2. The van der Waals surface area contributed by atoms with E-state index in [1.165, 1.54) is 5.56 Å². The molecule has 0 saturated carbocycles. The number of amides is 2. The third-order valence-corrected chi connectivity index (χ3v) is 3.70. The molecule has 0 aliphatic rings. The van der Waals surface area contributed by atoms with Crippen LogP contribution in [-0.2, 0) is 22.5 Å². The van der Waals surface area contributed by atoms with Crippen LogP contribution in [0.15, 0.2) is 48.5 Å². The van der Waals surface area contributed by atoms with E-state index in [9.17, 15) is 9.59 Å². The fourth-order valence-electron chi connectivity index (χ4n) is 2.30. The van der Waals surface area contributed by atoms with Gasteiger partial charge < -0.3 is 21.5 Å². The highest BCUT2D eigenvalue weighted by molar-refractivity contribution is 5.80. The number of nitrogens with zero attached hydrogens (tertiary/aromatic N) is 1. The first-order valence-electron chi connectivity index (χ1n) is 9.43. The Morgan fingerprint density at radius 2 is 1.72 bits per heavy atom. The summed E-state index contributed by atoms with van der Waals surface area (Å²) in [5.74, 6) is 0. The van der Waals surface area contributed by atoms with Crippen LogP contribution in [0.1, 0.15) is 31.9 Å². The van der Waals surface area contributed by atoms with Gasteiger partial charge in [0.15, 0.2) is 0 Å². The Kier molecular flexibility index (Phi) is 9.68. The molecule has 29 heavy (non-hydrogen) atoms. The Bertz CT molecular complexity index is 770. The highest BCUT2D eigenvalue weighted by Crippen LogP contribution is 2.12. The van der Waals surface area contributed by atoms with E-state index in [-0.39, 0.29) is 6.54 Å². The Balaban J connectivity index is 0.000000326. The van der Waals surface area contributed by atoms with Gasteiger partial charge in [-0.25, -0.2) is 9.69 Å². The molecule has 2 rings (SSSR count). The van der Waals surface area contributed by atoms with Gasteiger partial charge in [0.05, 0.1) is 6.54 Å². The van der Waals surface area contributed by atoms with Gasteiger partial charge in [-0.3, -0.25) is 4.79 Å². The molecule has 0 heterocycles. The number of imide groups is 1. The van der Waals surface area contributed by atoms with Crippen molar-refractivity contribution in [2.45, 2.75) is 39.3 Å². The van der Waals surface area contributed by atoms with E-state index in [1.807, 2.05) is 25.2 Å². The van der Waals surface area contributed by atoms with Crippen molar-refractivity contribution in [2.75, 3.05) is 25.1 Å². The number of nitrogens with one attached hydrogen (secondary N) is 1. The van der Waals surface area contributed by atoms with Crippen molar-refractivity contribution in [1.29, 1.82) is 0 Å². The van der Waals surface area contributed by atoms with Crippen LogP contribution < -0.4 is 16.8 Å². The molecule has 7 heteroatoms. The van der Waals surface area contributed by atoms with E-state index in [1.54, 1.807) is 45.0 Å². The highest BCUT2D eigenvalue weighted by Gasteiger charge is 2.21. The van der Waals surface area contributed by atoms with Gasteiger partial charge in [0.25, 0.3) is 0 Å². The number of hydrogen-bond acceptors (Lipinski definition) is 6. The van der Waals surface area contributed by atoms with E-state index in [0.29, 0.717) is 12.1 Å². The molecule has 0 aromatic heterocycles. The average Bonchev–Trinajstić information content (AvgIpc) is 2.65. The van der Waals surface area contributed by atoms with Gasteiger partial charge in [-0.1, -0.05) is 24.3 Å². The van der Waals surface area contributed by atoms with Crippen molar-refractivity contribution in [3.8, 4) is 0 Å². The Morgan fingerprint density at radius 3 is 2.24 bits per heavy atom. The molecular weight excluding hydrogens is 368 g/mol. The summed E-state index contributed by atoms with van der Waals surface area (Å²) in [6, 6.07) is 14.9. The lowest BCUT2D eigenvalue weighted by Gasteiger charge is -2.23. The Hall–Kier alpha value is -3.06. The maximum atomic E-state index is 11.7. The van der Waals surface area contributed by atoms with Crippen molar-refractivity contribution >= 4 is 23.9 Å². The van der Waals surface area contributed by atoms with Crippen LogP contribution in [0.4, 0.5) is 16.2 Å². The third-order valence-electron chi connectivity index (χ3n) is 3.70. The second-order valence-corrected chi connectivity index (χ2v) is 7.55. The SMILES string of the molecule is CC(C)(C)OC(=O)N(C=O)Cc1ccc(N)cc1.CNCCc1cccc(N)c1. The Morgan fingerprint density at radius 1 is 1.07 bits per heavy atom. The van der Waals surface area contributed by atoms with Gasteiger partial charge in [0.1, 0.15) is 5.60 Å². The summed E-state index contributed by atoms with van der Waals surface area (Å²) in [6.07, 6.45) is 0.848. The largest absolute Gasteiger partial charge is 0.443 e. The maximum absolute atomic E-state index is 11.7. The standard InChI is InChI=1S/C13H18N2O3.C9H14N2/c1-13(2,3)18-12(17)15(9-16)8-10-4-6-11(14)7-5-10;1-11-6-5-8-3-2-4-9(10)7-8/h4-7,9H,8,14H2,1-3H3;2-4,7,11H,5-6,10H2,1H3. The molecule has 5 N–H and O–H groups in total. The van der Waals surface area contributed by atoms with Crippen LogP contribution in [-0.4, -0.2) is 36.6 Å². The van der Waals surface area contributed by atoms with Gasteiger partial charge >= 0.3 is 6.09 Å². The van der Waals surface area contributed by atoms with Gasteiger partial charge in [-0.2, -0.15) is 0 Å². The first-order valence-corrected chi connectivity index (χ1v) is 9.43. The molecule has 2 amide bonds. The van der Waals surface area contributed by atoms with Crippen LogP contribution in [0.2, 0.25) is 0 Å².